The lowest BCUT2D eigenvalue weighted by molar-refractivity contribution is -0.159. The summed E-state index contributed by atoms with van der Waals surface area (Å²) in [5.41, 5.74) is 0.266. The molecular formula is C14H7F4N3OS. The smallest absolute Gasteiger partial charge is 0.329 e. The molecule has 2 heterocycles. The quantitative estimate of drug-likeness (QED) is 0.659. The molecule has 0 unspecified atom stereocenters. The average molecular weight is 341 g/mol. The molecule has 9 heteroatoms. The van der Waals surface area contributed by atoms with Crippen molar-refractivity contribution in [3.05, 3.63) is 54.3 Å². The van der Waals surface area contributed by atoms with Crippen LogP contribution < -0.4 is 0 Å². The van der Waals surface area contributed by atoms with Gasteiger partial charge in [0.25, 0.3) is 0 Å². The molecule has 0 aliphatic heterocycles. The predicted molar refractivity (Wildman–Crippen MR) is 73.1 cm³/mol. The molecule has 0 radical (unpaired) electrons. The van der Waals surface area contributed by atoms with Crippen LogP contribution in [0.2, 0.25) is 0 Å². The van der Waals surface area contributed by atoms with E-state index in [0.29, 0.717) is 9.92 Å². The zero-order chi connectivity index (χ0) is 16.4. The van der Waals surface area contributed by atoms with E-state index in [0.717, 1.165) is 11.8 Å². The van der Waals surface area contributed by atoms with Crippen LogP contribution in [0.15, 0.2) is 57.0 Å². The van der Waals surface area contributed by atoms with E-state index in [-0.39, 0.29) is 17.2 Å². The van der Waals surface area contributed by atoms with Crippen LogP contribution in [0.5, 0.6) is 0 Å². The Morgan fingerprint density at radius 2 is 1.83 bits per heavy atom. The van der Waals surface area contributed by atoms with Gasteiger partial charge in [-0.1, -0.05) is 29.1 Å². The Balaban J connectivity index is 1.80. The van der Waals surface area contributed by atoms with E-state index in [1.807, 2.05) is 0 Å². The van der Waals surface area contributed by atoms with Crippen molar-refractivity contribution in [2.75, 3.05) is 0 Å². The van der Waals surface area contributed by atoms with Crippen molar-refractivity contribution in [2.24, 2.45) is 0 Å². The first-order chi connectivity index (χ1) is 10.9. The second kappa shape index (κ2) is 5.99. The number of nitrogens with zero attached hydrogens (tertiary/aromatic N) is 3. The normalized spacial score (nSPS) is 11.7. The first kappa shape index (κ1) is 15.5. The van der Waals surface area contributed by atoms with Gasteiger partial charge in [-0.2, -0.15) is 18.2 Å². The number of pyridine rings is 1. The molecule has 23 heavy (non-hydrogen) atoms. The van der Waals surface area contributed by atoms with Crippen LogP contribution >= 0.6 is 11.8 Å². The Morgan fingerprint density at radius 1 is 1.04 bits per heavy atom. The van der Waals surface area contributed by atoms with Gasteiger partial charge in [-0.05, 0) is 24.3 Å². The number of rotatable bonds is 3. The minimum absolute atomic E-state index is 0.215. The molecule has 0 spiro atoms. The van der Waals surface area contributed by atoms with E-state index in [4.69, 9.17) is 0 Å². The lowest BCUT2D eigenvalue weighted by atomic mass is 10.3. The number of aromatic nitrogens is 3. The molecule has 0 N–H and O–H groups in total. The van der Waals surface area contributed by atoms with E-state index in [1.165, 1.54) is 24.4 Å². The minimum Gasteiger partial charge on any atom is -0.329 e. The van der Waals surface area contributed by atoms with Gasteiger partial charge in [-0.25, -0.2) is 9.37 Å². The maximum absolute atomic E-state index is 13.5. The van der Waals surface area contributed by atoms with Gasteiger partial charge in [0.15, 0.2) is 0 Å². The second-order valence-electron chi connectivity index (χ2n) is 4.34. The Kier molecular flexibility index (Phi) is 4.03. The zero-order valence-corrected chi connectivity index (χ0v) is 12.0. The summed E-state index contributed by atoms with van der Waals surface area (Å²) in [6, 6.07) is 9.22. The summed E-state index contributed by atoms with van der Waals surface area (Å²) < 4.78 is 54.9. The van der Waals surface area contributed by atoms with Crippen LogP contribution in [0.4, 0.5) is 17.6 Å². The first-order valence-corrected chi connectivity index (χ1v) is 7.05. The maximum Gasteiger partial charge on any atom is 0.471 e. The summed E-state index contributed by atoms with van der Waals surface area (Å²) in [7, 11) is 0. The zero-order valence-electron chi connectivity index (χ0n) is 11.2. The Bertz CT molecular complexity index is 817. The Labute approximate surface area is 131 Å². The molecule has 0 bridgehead atoms. The summed E-state index contributed by atoms with van der Waals surface area (Å²) in [6.07, 6.45) is -3.40. The molecule has 0 aliphatic carbocycles. The molecule has 0 aliphatic rings. The molecule has 118 valence electrons. The fourth-order valence-electron chi connectivity index (χ4n) is 1.67. The van der Waals surface area contributed by atoms with Crippen molar-refractivity contribution >= 4 is 11.8 Å². The predicted octanol–water partition coefficient (Wildman–Crippen LogP) is 4.44. The SMILES string of the molecule is Fc1ccccc1Sc1ccc(-c2noc(C(F)(F)F)n2)cn1. The van der Waals surface area contributed by atoms with Gasteiger partial charge in [-0.3, -0.25) is 0 Å². The van der Waals surface area contributed by atoms with Gasteiger partial charge in [0.1, 0.15) is 10.8 Å². The highest BCUT2D eigenvalue weighted by Crippen LogP contribution is 2.31. The average Bonchev–Trinajstić information content (AvgIpc) is 3.00. The summed E-state index contributed by atoms with van der Waals surface area (Å²) in [6.45, 7) is 0. The molecule has 3 rings (SSSR count). The fourth-order valence-corrected chi connectivity index (χ4v) is 2.45. The van der Waals surface area contributed by atoms with E-state index in [2.05, 4.69) is 19.6 Å². The van der Waals surface area contributed by atoms with Gasteiger partial charge in [0, 0.05) is 16.7 Å². The van der Waals surface area contributed by atoms with Crippen molar-refractivity contribution in [1.82, 2.24) is 15.1 Å². The molecular weight excluding hydrogens is 334 g/mol. The van der Waals surface area contributed by atoms with Crippen LogP contribution in [0, 0.1) is 5.82 Å². The number of hydrogen-bond donors (Lipinski definition) is 0. The topological polar surface area (TPSA) is 51.8 Å². The largest absolute Gasteiger partial charge is 0.471 e. The highest BCUT2D eigenvalue weighted by atomic mass is 32.2. The third-order valence-corrected chi connectivity index (χ3v) is 3.72. The molecule has 0 atom stereocenters. The van der Waals surface area contributed by atoms with Crippen molar-refractivity contribution in [1.29, 1.82) is 0 Å². The van der Waals surface area contributed by atoms with Crippen molar-refractivity contribution < 1.29 is 22.1 Å². The van der Waals surface area contributed by atoms with E-state index >= 15 is 0 Å². The van der Waals surface area contributed by atoms with Crippen molar-refractivity contribution in [3.63, 3.8) is 0 Å². The summed E-state index contributed by atoms with van der Waals surface area (Å²) in [5, 5.41) is 3.75. The standard InChI is InChI=1S/C14H7F4N3OS/c15-9-3-1-2-4-10(9)23-11-6-5-8(7-19-11)12-20-13(22-21-12)14(16,17)18/h1-7H. The third-order valence-electron chi connectivity index (χ3n) is 2.71. The molecule has 0 saturated heterocycles. The van der Waals surface area contributed by atoms with Crippen LogP contribution in [0.1, 0.15) is 5.89 Å². The number of hydrogen-bond acceptors (Lipinski definition) is 5. The number of benzene rings is 1. The van der Waals surface area contributed by atoms with Crippen LogP contribution in [-0.4, -0.2) is 15.1 Å². The maximum atomic E-state index is 13.5. The van der Waals surface area contributed by atoms with Crippen LogP contribution in [0.3, 0.4) is 0 Å². The van der Waals surface area contributed by atoms with Crippen LogP contribution in [-0.2, 0) is 6.18 Å². The van der Waals surface area contributed by atoms with E-state index in [1.54, 1.807) is 18.2 Å². The van der Waals surface area contributed by atoms with Crippen molar-refractivity contribution in [2.45, 2.75) is 16.1 Å². The van der Waals surface area contributed by atoms with Gasteiger partial charge in [-0.15, -0.1) is 0 Å². The Morgan fingerprint density at radius 3 is 2.43 bits per heavy atom. The Hall–Kier alpha value is -2.42. The molecule has 2 aromatic heterocycles. The summed E-state index contributed by atoms with van der Waals surface area (Å²) >= 11 is 1.10. The van der Waals surface area contributed by atoms with E-state index < -0.39 is 12.1 Å². The first-order valence-electron chi connectivity index (χ1n) is 6.23. The van der Waals surface area contributed by atoms with E-state index in [9.17, 15) is 17.6 Å². The molecule has 3 aromatic rings. The lowest BCUT2D eigenvalue weighted by Crippen LogP contribution is -2.04. The number of halogens is 4. The number of alkyl halides is 3. The molecule has 0 fully saturated rings. The molecule has 1 aromatic carbocycles. The van der Waals surface area contributed by atoms with Gasteiger partial charge >= 0.3 is 12.1 Å². The summed E-state index contributed by atoms with van der Waals surface area (Å²) in [4.78, 5) is 7.72. The highest BCUT2D eigenvalue weighted by molar-refractivity contribution is 7.99. The second-order valence-corrected chi connectivity index (χ2v) is 5.40. The van der Waals surface area contributed by atoms with Gasteiger partial charge in [0.2, 0.25) is 5.82 Å². The summed E-state index contributed by atoms with van der Waals surface area (Å²) in [5.74, 6) is -2.01. The molecule has 4 nitrogen and oxygen atoms in total. The van der Waals surface area contributed by atoms with Gasteiger partial charge in [0.05, 0.1) is 0 Å². The minimum atomic E-state index is -4.70. The molecule has 0 saturated carbocycles. The fraction of sp³-hybridized carbons (Fsp3) is 0.0714. The van der Waals surface area contributed by atoms with Gasteiger partial charge < -0.3 is 4.52 Å². The van der Waals surface area contributed by atoms with Crippen LogP contribution in [0.25, 0.3) is 11.4 Å². The third kappa shape index (κ3) is 3.50. The highest BCUT2D eigenvalue weighted by Gasteiger charge is 2.38. The lowest BCUT2D eigenvalue weighted by Gasteiger charge is -2.02. The van der Waals surface area contributed by atoms with Crippen molar-refractivity contribution in [3.8, 4) is 11.4 Å². The molecule has 0 amide bonds. The monoisotopic (exact) mass is 341 g/mol.